The van der Waals surface area contributed by atoms with Crippen molar-refractivity contribution in [2.45, 2.75) is 59.7 Å². The number of ketones is 1. The number of rotatable bonds is 1. The van der Waals surface area contributed by atoms with Gasteiger partial charge < -0.3 is 4.74 Å². The Balaban J connectivity index is 2.43. The van der Waals surface area contributed by atoms with Gasteiger partial charge in [-0.15, -0.1) is 0 Å². The molecule has 1 aliphatic carbocycles. The molecular weight excluding hydrogens is 238 g/mol. The molecule has 3 heteroatoms. The maximum absolute atomic E-state index is 12.4. The summed E-state index contributed by atoms with van der Waals surface area (Å²) in [5.74, 6) is 0.374. The van der Waals surface area contributed by atoms with Gasteiger partial charge in [-0.2, -0.15) is 5.26 Å². The summed E-state index contributed by atoms with van der Waals surface area (Å²) in [5.41, 5.74) is -0.522. The van der Waals surface area contributed by atoms with Crippen LogP contribution in [0.4, 0.5) is 0 Å². The zero-order chi connectivity index (χ0) is 14.4. The van der Waals surface area contributed by atoms with E-state index < -0.39 is 5.41 Å². The maximum Gasteiger partial charge on any atom is 0.181 e. The van der Waals surface area contributed by atoms with Gasteiger partial charge in [0.25, 0.3) is 0 Å². The van der Waals surface area contributed by atoms with Gasteiger partial charge in [0.1, 0.15) is 6.07 Å². The summed E-state index contributed by atoms with van der Waals surface area (Å²) in [7, 11) is 0. The molecule has 1 aliphatic heterocycles. The molecule has 19 heavy (non-hydrogen) atoms. The second-order valence-corrected chi connectivity index (χ2v) is 7.06. The molecule has 104 valence electrons. The minimum Gasteiger partial charge on any atom is -0.373 e. The van der Waals surface area contributed by atoms with Crippen molar-refractivity contribution >= 4 is 5.78 Å². The number of carbonyl (C=O) groups is 1. The van der Waals surface area contributed by atoms with Crippen LogP contribution in [-0.4, -0.2) is 18.0 Å². The lowest BCUT2D eigenvalue weighted by molar-refractivity contribution is -0.178. The number of fused-ring (bicyclic) bond motifs is 1. The fraction of sp³-hybridized carbons (Fsp3) is 0.750. The number of hydrogen-bond donors (Lipinski definition) is 0. The van der Waals surface area contributed by atoms with Crippen molar-refractivity contribution in [1.29, 1.82) is 5.26 Å². The van der Waals surface area contributed by atoms with E-state index in [1.54, 1.807) is 0 Å². The highest BCUT2D eigenvalue weighted by molar-refractivity contribution is 6.04. The van der Waals surface area contributed by atoms with Gasteiger partial charge >= 0.3 is 0 Å². The number of hydrogen-bond acceptors (Lipinski definition) is 3. The molecule has 1 fully saturated rings. The molecule has 0 aromatic carbocycles. The Morgan fingerprint density at radius 3 is 2.58 bits per heavy atom. The third-order valence-corrected chi connectivity index (χ3v) is 4.70. The average molecular weight is 261 g/mol. The summed E-state index contributed by atoms with van der Waals surface area (Å²) in [5, 5.41) is 9.16. The molecule has 2 aliphatic rings. The number of allylic oxidation sites excluding steroid dienone is 1. The first-order valence-corrected chi connectivity index (χ1v) is 7.05. The number of nitrogens with zero attached hydrogens (tertiary/aromatic N) is 1. The molecule has 0 N–H and O–H groups in total. The van der Waals surface area contributed by atoms with Crippen LogP contribution in [0.1, 0.15) is 47.5 Å². The maximum atomic E-state index is 12.4. The molecule has 0 aromatic heterocycles. The highest BCUT2D eigenvalue weighted by Gasteiger charge is 2.54. The van der Waals surface area contributed by atoms with Crippen LogP contribution in [0.15, 0.2) is 11.6 Å². The predicted molar refractivity (Wildman–Crippen MR) is 73.3 cm³/mol. The normalized spacial score (nSPS) is 37.5. The second-order valence-electron chi connectivity index (χ2n) is 7.06. The van der Waals surface area contributed by atoms with Gasteiger partial charge in [-0.05, 0) is 32.6 Å². The Hall–Kier alpha value is -1.14. The number of Topliss-reactive ketones (excluding diaryl/α,β-unsaturated/α-hetero) is 1. The second kappa shape index (κ2) is 4.45. The Kier molecular flexibility index (Phi) is 3.35. The molecule has 0 aromatic rings. The number of ether oxygens (including phenoxy) is 1. The Morgan fingerprint density at radius 1 is 1.42 bits per heavy atom. The van der Waals surface area contributed by atoms with Gasteiger partial charge in [0, 0.05) is 5.41 Å². The molecule has 0 unspecified atom stereocenters. The molecule has 3 nitrogen and oxygen atoms in total. The molecule has 0 bridgehead atoms. The molecule has 0 spiro atoms. The lowest BCUT2D eigenvalue weighted by Gasteiger charge is -2.52. The quantitative estimate of drug-likeness (QED) is 0.728. The van der Waals surface area contributed by atoms with Gasteiger partial charge in [-0.1, -0.05) is 26.8 Å². The van der Waals surface area contributed by atoms with Crippen LogP contribution in [0.5, 0.6) is 0 Å². The van der Waals surface area contributed by atoms with Crippen LogP contribution in [0.3, 0.4) is 0 Å². The molecule has 1 saturated heterocycles. The van der Waals surface area contributed by atoms with E-state index in [2.05, 4.69) is 26.8 Å². The average Bonchev–Trinajstić information content (AvgIpc) is 2.33. The van der Waals surface area contributed by atoms with Crippen LogP contribution >= 0.6 is 0 Å². The largest absolute Gasteiger partial charge is 0.373 e. The van der Waals surface area contributed by atoms with E-state index in [1.165, 1.54) is 0 Å². The minimum absolute atomic E-state index is 0.0816. The highest BCUT2D eigenvalue weighted by atomic mass is 16.5. The van der Waals surface area contributed by atoms with E-state index in [0.717, 1.165) is 12.8 Å². The van der Waals surface area contributed by atoms with Crippen LogP contribution in [0.25, 0.3) is 0 Å². The number of carbonyl (C=O) groups excluding carboxylic acids is 1. The standard InChI is InChI=1S/C16H23NO2/c1-10(2)12-6-7-16(5)8-11(9-17)13(18)15(3,4)14(16)19-12/h8,10,12,14H,6-7H2,1-5H3/t12-,14+,16+/m0/s1. The van der Waals surface area contributed by atoms with E-state index >= 15 is 0 Å². The van der Waals surface area contributed by atoms with Gasteiger partial charge in [0.05, 0.1) is 23.2 Å². The van der Waals surface area contributed by atoms with Crippen molar-refractivity contribution in [3.05, 3.63) is 11.6 Å². The molecule has 0 saturated carbocycles. The topological polar surface area (TPSA) is 50.1 Å². The first-order valence-electron chi connectivity index (χ1n) is 7.05. The van der Waals surface area contributed by atoms with Crippen molar-refractivity contribution in [2.75, 3.05) is 0 Å². The summed E-state index contributed by atoms with van der Waals surface area (Å²) >= 11 is 0. The summed E-state index contributed by atoms with van der Waals surface area (Å²) in [4.78, 5) is 12.4. The van der Waals surface area contributed by atoms with Crippen LogP contribution < -0.4 is 0 Å². The third-order valence-electron chi connectivity index (χ3n) is 4.70. The molecular formula is C16H23NO2. The van der Waals surface area contributed by atoms with Crippen molar-refractivity contribution in [1.82, 2.24) is 0 Å². The summed E-state index contributed by atoms with van der Waals surface area (Å²) < 4.78 is 6.26. The molecule has 0 radical (unpaired) electrons. The molecule has 2 rings (SSSR count). The lowest BCUT2D eigenvalue weighted by Crippen LogP contribution is -2.56. The smallest absolute Gasteiger partial charge is 0.181 e. The zero-order valence-electron chi connectivity index (χ0n) is 12.5. The minimum atomic E-state index is -0.623. The monoisotopic (exact) mass is 261 g/mol. The van der Waals surface area contributed by atoms with E-state index in [9.17, 15) is 4.79 Å². The van der Waals surface area contributed by atoms with Crippen molar-refractivity contribution < 1.29 is 9.53 Å². The van der Waals surface area contributed by atoms with E-state index in [4.69, 9.17) is 10.00 Å². The van der Waals surface area contributed by atoms with Gasteiger partial charge in [0.2, 0.25) is 0 Å². The van der Waals surface area contributed by atoms with Gasteiger partial charge in [-0.3, -0.25) is 4.79 Å². The first-order chi connectivity index (χ1) is 8.72. The number of nitriles is 1. The molecule has 1 heterocycles. The Morgan fingerprint density at radius 2 is 2.05 bits per heavy atom. The molecule has 3 atom stereocenters. The zero-order valence-corrected chi connectivity index (χ0v) is 12.5. The lowest BCUT2D eigenvalue weighted by atomic mass is 9.59. The fourth-order valence-corrected chi connectivity index (χ4v) is 3.56. The van der Waals surface area contributed by atoms with Crippen LogP contribution in [0, 0.1) is 28.1 Å². The highest BCUT2D eigenvalue weighted by Crippen LogP contribution is 2.51. The van der Waals surface area contributed by atoms with E-state index in [0.29, 0.717) is 11.5 Å². The van der Waals surface area contributed by atoms with E-state index in [-0.39, 0.29) is 23.4 Å². The molecule has 0 amide bonds. The van der Waals surface area contributed by atoms with Gasteiger partial charge in [-0.25, -0.2) is 0 Å². The summed E-state index contributed by atoms with van der Waals surface area (Å²) in [6.07, 6.45) is 3.89. The van der Waals surface area contributed by atoms with Crippen molar-refractivity contribution in [3.8, 4) is 6.07 Å². The van der Waals surface area contributed by atoms with Crippen LogP contribution in [0.2, 0.25) is 0 Å². The Labute approximate surface area is 115 Å². The predicted octanol–water partition coefficient (Wildman–Crippen LogP) is 3.26. The van der Waals surface area contributed by atoms with E-state index in [1.807, 2.05) is 19.9 Å². The fourth-order valence-electron chi connectivity index (χ4n) is 3.56. The van der Waals surface area contributed by atoms with Crippen molar-refractivity contribution in [3.63, 3.8) is 0 Å². The van der Waals surface area contributed by atoms with Crippen LogP contribution in [-0.2, 0) is 9.53 Å². The third kappa shape index (κ3) is 2.12. The van der Waals surface area contributed by atoms with Crippen molar-refractivity contribution in [2.24, 2.45) is 16.7 Å². The Bertz CT molecular complexity index is 470. The van der Waals surface area contributed by atoms with Gasteiger partial charge in [0.15, 0.2) is 5.78 Å². The summed E-state index contributed by atoms with van der Waals surface area (Å²) in [6.45, 7) is 10.2. The first kappa shape index (κ1) is 14.3. The SMILES string of the molecule is CC(C)[C@@H]1CC[C@]2(C)C=C(C#N)C(=O)C(C)(C)[C@H]2O1. The summed E-state index contributed by atoms with van der Waals surface area (Å²) in [6, 6.07) is 2.06.